The molecule has 1 fully saturated rings. The third kappa shape index (κ3) is 2.04. The van der Waals surface area contributed by atoms with E-state index in [4.69, 9.17) is 5.73 Å². The van der Waals surface area contributed by atoms with Gasteiger partial charge in [-0.25, -0.2) is 0 Å². The van der Waals surface area contributed by atoms with Crippen molar-refractivity contribution < 1.29 is 9.59 Å². The number of nitrogens with one attached hydrogen (secondary N) is 1. The van der Waals surface area contributed by atoms with Gasteiger partial charge < -0.3 is 16.0 Å². The number of hydrogen-bond donors (Lipinski definition) is 2. The maximum atomic E-state index is 11.6. The first-order valence-corrected chi connectivity index (χ1v) is 4.85. The normalized spacial score (nSPS) is 23.4. The van der Waals surface area contributed by atoms with Crippen molar-refractivity contribution in [1.29, 1.82) is 0 Å². The first kappa shape index (κ1) is 11.0. The predicted octanol–water partition coefficient (Wildman–Crippen LogP) is -0.929. The molecule has 14 heavy (non-hydrogen) atoms. The van der Waals surface area contributed by atoms with Crippen molar-refractivity contribution in [3.63, 3.8) is 0 Å². The van der Waals surface area contributed by atoms with Gasteiger partial charge in [-0.05, 0) is 19.8 Å². The molecule has 1 aliphatic rings. The molecule has 0 saturated carbocycles. The highest BCUT2D eigenvalue weighted by atomic mass is 16.2. The van der Waals surface area contributed by atoms with Gasteiger partial charge in [0.05, 0.1) is 6.04 Å². The topological polar surface area (TPSA) is 75.4 Å². The van der Waals surface area contributed by atoms with Gasteiger partial charge in [0.15, 0.2) is 0 Å². The van der Waals surface area contributed by atoms with Gasteiger partial charge in [0.2, 0.25) is 11.8 Å². The van der Waals surface area contributed by atoms with Gasteiger partial charge in [0.25, 0.3) is 0 Å². The predicted molar refractivity (Wildman–Crippen MR) is 52.5 cm³/mol. The van der Waals surface area contributed by atoms with Crippen molar-refractivity contribution in [2.75, 3.05) is 13.6 Å². The molecule has 0 spiro atoms. The lowest BCUT2D eigenvalue weighted by Crippen LogP contribution is -2.49. The lowest BCUT2D eigenvalue weighted by atomic mass is 10.2. The molecular weight excluding hydrogens is 182 g/mol. The van der Waals surface area contributed by atoms with Crippen LogP contribution in [-0.4, -0.2) is 42.4 Å². The number of rotatable bonds is 2. The Morgan fingerprint density at radius 1 is 1.57 bits per heavy atom. The van der Waals surface area contributed by atoms with Gasteiger partial charge in [-0.1, -0.05) is 0 Å². The van der Waals surface area contributed by atoms with Crippen molar-refractivity contribution >= 4 is 11.8 Å². The molecule has 2 amide bonds. The lowest BCUT2D eigenvalue weighted by Gasteiger charge is -2.24. The van der Waals surface area contributed by atoms with E-state index in [0.717, 1.165) is 12.8 Å². The summed E-state index contributed by atoms with van der Waals surface area (Å²) in [6.45, 7) is 2.28. The fraction of sp³-hybridized carbons (Fsp3) is 0.778. The Balaban J connectivity index is 2.68. The Kier molecular flexibility index (Phi) is 3.46. The van der Waals surface area contributed by atoms with E-state index in [-0.39, 0.29) is 17.9 Å². The van der Waals surface area contributed by atoms with Crippen LogP contribution in [0.4, 0.5) is 0 Å². The zero-order valence-electron chi connectivity index (χ0n) is 8.62. The summed E-state index contributed by atoms with van der Waals surface area (Å²) in [6, 6.07) is -0.848. The number of carbonyl (C=O) groups excluding carboxylic acids is 2. The van der Waals surface area contributed by atoms with Gasteiger partial charge in [0, 0.05) is 13.6 Å². The Morgan fingerprint density at radius 2 is 2.21 bits per heavy atom. The second-order valence-corrected chi connectivity index (χ2v) is 3.59. The SMILES string of the molecule is CNC(=O)C1CCCN1C(=O)[C@@H](C)N. The zero-order chi connectivity index (χ0) is 10.7. The van der Waals surface area contributed by atoms with Gasteiger partial charge in [-0.15, -0.1) is 0 Å². The number of hydrogen-bond acceptors (Lipinski definition) is 3. The van der Waals surface area contributed by atoms with Crippen LogP contribution in [0.2, 0.25) is 0 Å². The molecule has 3 N–H and O–H groups in total. The summed E-state index contributed by atoms with van der Waals surface area (Å²) in [4.78, 5) is 24.6. The van der Waals surface area contributed by atoms with Crippen molar-refractivity contribution in [2.24, 2.45) is 5.73 Å². The molecule has 0 radical (unpaired) electrons. The fourth-order valence-electron chi connectivity index (χ4n) is 1.73. The van der Waals surface area contributed by atoms with Crippen molar-refractivity contribution in [2.45, 2.75) is 31.8 Å². The van der Waals surface area contributed by atoms with E-state index in [0.29, 0.717) is 6.54 Å². The number of likely N-dealkylation sites (N-methyl/N-ethyl adjacent to an activating group) is 1. The molecule has 1 saturated heterocycles. The first-order chi connectivity index (χ1) is 6.57. The van der Waals surface area contributed by atoms with E-state index >= 15 is 0 Å². The molecule has 0 aromatic heterocycles. The van der Waals surface area contributed by atoms with Crippen LogP contribution in [0.25, 0.3) is 0 Å². The van der Waals surface area contributed by atoms with Crippen LogP contribution in [0.3, 0.4) is 0 Å². The second-order valence-electron chi connectivity index (χ2n) is 3.59. The minimum absolute atomic E-state index is 0.100. The molecule has 0 aromatic carbocycles. The molecule has 1 rings (SSSR count). The van der Waals surface area contributed by atoms with E-state index in [1.165, 1.54) is 0 Å². The molecule has 1 heterocycles. The van der Waals surface area contributed by atoms with Crippen molar-refractivity contribution in [1.82, 2.24) is 10.2 Å². The van der Waals surface area contributed by atoms with Crippen LogP contribution in [-0.2, 0) is 9.59 Å². The van der Waals surface area contributed by atoms with Crippen molar-refractivity contribution in [3.05, 3.63) is 0 Å². The fourth-order valence-corrected chi connectivity index (χ4v) is 1.73. The van der Waals surface area contributed by atoms with Crippen LogP contribution in [0.15, 0.2) is 0 Å². The standard InChI is InChI=1S/C9H17N3O2/c1-6(10)9(14)12-5-3-4-7(12)8(13)11-2/h6-7H,3-5,10H2,1-2H3,(H,11,13)/t6-,7?/m1/s1. The molecule has 2 atom stereocenters. The van der Waals surface area contributed by atoms with E-state index < -0.39 is 6.04 Å². The maximum absolute atomic E-state index is 11.6. The van der Waals surface area contributed by atoms with E-state index in [9.17, 15) is 9.59 Å². The van der Waals surface area contributed by atoms with Crippen molar-refractivity contribution in [3.8, 4) is 0 Å². The second kappa shape index (κ2) is 4.41. The highest BCUT2D eigenvalue weighted by Crippen LogP contribution is 2.17. The molecule has 5 heteroatoms. The number of nitrogens with zero attached hydrogens (tertiary/aromatic N) is 1. The first-order valence-electron chi connectivity index (χ1n) is 4.85. The minimum Gasteiger partial charge on any atom is -0.357 e. The van der Waals surface area contributed by atoms with E-state index in [1.807, 2.05) is 0 Å². The average molecular weight is 199 g/mol. The van der Waals surface area contributed by atoms with Gasteiger partial charge in [-0.3, -0.25) is 9.59 Å². The summed E-state index contributed by atoms with van der Waals surface area (Å²) in [7, 11) is 1.58. The quantitative estimate of drug-likeness (QED) is 0.603. The monoisotopic (exact) mass is 199 g/mol. The molecule has 80 valence electrons. The highest BCUT2D eigenvalue weighted by Gasteiger charge is 2.34. The molecule has 5 nitrogen and oxygen atoms in total. The molecule has 1 aliphatic heterocycles. The molecule has 1 unspecified atom stereocenters. The Labute approximate surface area is 83.6 Å². The van der Waals surface area contributed by atoms with Crippen LogP contribution < -0.4 is 11.1 Å². The van der Waals surface area contributed by atoms with Crippen LogP contribution in [0, 0.1) is 0 Å². The van der Waals surface area contributed by atoms with E-state index in [1.54, 1.807) is 18.9 Å². The third-order valence-electron chi connectivity index (χ3n) is 2.47. The number of carbonyl (C=O) groups is 2. The third-order valence-corrected chi connectivity index (χ3v) is 2.47. The zero-order valence-corrected chi connectivity index (χ0v) is 8.62. The summed E-state index contributed by atoms with van der Waals surface area (Å²) in [5, 5.41) is 2.56. The van der Waals surface area contributed by atoms with Gasteiger partial charge >= 0.3 is 0 Å². The molecular formula is C9H17N3O2. The minimum atomic E-state index is -0.528. The van der Waals surface area contributed by atoms with Gasteiger partial charge in [0.1, 0.15) is 6.04 Å². The summed E-state index contributed by atoms with van der Waals surface area (Å²) < 4.78 is 0. The molecule has 0 aliphatic carbocycles. The number of amides is 2. The Bertz CT molecular complexity index is 240. The summed E-state index contributed by atoms with van der Waals surface area (Å²) in [5.41, 5.74) is 5.50. The average Bonchev–Trinajstić information content (AvgIpc) is 2.63. The molecule has 0 aromatic rings. The largest absolute Gasteiger partial charge is 0.357 e. The number of likely N-dealkylation sites (tertiary alicyclic amines) is 1. The van der Waals surface area contributed by atoms with Crippen LogP contribution in [0.1, 0.15) is 19.8 Å². The smallest absolute Gasteiger partial charge is 0.242 e. The highest BCUT2D eigenvalue weighted by molar-refractivity contribution is 5.89. The van der Waals surface area contributed by atoms with Crippen LogP contribution in [0.5, 0.6) is 0 Å². The summed E-state index contributed by atoms with van der Waals surface area (Å²) >= 11 is 0. The molecule has 0 bridgehead atoms. The Hall–Kier alpha value is -1.10. The van der Waals surface area contributed by atoms with Crippen LogP contribution >= 0.6 is 0 Å². The number of nitrogens with two attached hydrogens (primary N) is 1. The maximum Gasteiger partial charge on any atom is 0.242 e. The summed E-state index contributed by atoms with van der Waals surface area (Å²) in [5.74, 6) is -0.243. The van der Waals surface area contributed by atoms with Gasteiger partial charge in [-0.2, -0.15) is 0 Å². The summed E-state index contributed by atoms with van der Waals surface area (Å²) in [6.07, 6.45) is 1.61. The Morgan fingerprint density at radius 3 is 2.71 bits per heavy atom. The lowest BCUT2D eigenvalue weighted by molar-refractivity contribution is -0.138. The van der Waals surface area contributed by atoms with E-state index in [2.05, 4.69) is 5.32 Å².